The third-order valence-corrected chi connectivity index (χ3v) is 5.28. The van der Waals surface area contributed by atoms with Gasteiger partial charge in [-0.3, -0.25) is 4.79 Å². The zero-order chi connectivity index (χ0) is 23.9. The molecule has 0 aliphatic heterocycles. The average molecular weight is 435 g/mol. The molecule has 0 radical (unpaired) electrons. The van der Waals surface area contributed by atoms with E-state index in [1.165, 1.54) is 18.2 Å². The van der Waals surface area contributed by atoms with Gasteiger partial charge in [0, 0.05) is 5.56 Å². The molecule has 7 heteroatoms. The fraction of sp³-hybridized carbons (Fsp3) is 0.625. The second kappa shape index (κ2) is 11.2. The molecule has 0 fully saturated rings. The number of benzene rings is 1. The summed E-state index contributed by atoms with van der Waals surface area (Å²) in [6.45, 7) is 15.3. The maximum absolute atomic E-state index is 13.3. The molecule has 174 valence electrons. The Balaban J connectivity index is 3.20. The summed E-state index contributed by atoms with van der Waals surface area (Å²) >= 11 is 0. The number of carbonyl (C=O) groups excluding carboxylic acids is 3. The fourth-order valence-electron chi connectivity index (χ4n) is 3.89. The van der Waals surface area contributed by atoms with Gasteiger partial charge in [-0.05, 0) is 82.2 Å². The summed E-state index contributed by atoms with van der Waals surface area (Å²) in [6.07, 6.45) is 2.00. The standard InChI is InChI=1S/C24H38N2O5/c1-10-12-18-14(3)17(11-2)15(4)20(16(18)5)21(27)26-19(22(28)30-9)13-25-23(29)31-24(6,7)8/h19H,10-13H2,1-9H3,(H,25,29)(H,26,27). The van der Waals surface area contributed by atoms with Crippen LogP contribution in [0.25, 0.3) is 0 Å². The molecule has 31 heavy (non-hydrogen) atoms. The molecule has 1 rings (SSSR count). The van der Waals surface area contributed by atoms with Crippen molar-refractivity contribution in [1.29, 1.82) is 0 Å². The number of amides is 2. The summed E-state index contributed by atoms with van der Waals surface area (Å²) in [5.41, 5.74) is 5.31. The van der Waals surface area contributed by atoms with Crippen molar-refractivity contribution in [1.82, 2.24) is 10.6 Å². The van der Waals surface area contributed by atoms with Crippen LogP contribution in [-0.4, -0.2) is 43.3 Å². The lowest BCUT2D eigenvalue weighted by Crippen LogP contribution is -2.50. The van der Waals surface area contributed by atoms with Gasteiger partial charge < -0.3 is 20.1 Å². The highest BCUT2D eigenvalue weighted by Crippen LogP contribution is 2.29. The Bertz CT molecular complexity index is 824. The molecule has 0 heterocycles. The number of hydrogen-bond acceptors (Lipinski definition) is 5. The molecule has 1 aromatic rings. The molecular weight excluding hydrogens is 396 g/mol. The van der Waals surface area contributed by atoms with Crippen LogP contribution in [0.1, 0.15) is 79.2 Å². The second-order valence-corrected chi connectivity index (χ2v) is 8.74. The van der Waals surface area contributed by atoms with Gasteiger partial charge >= 0.3 is 12.1 Å². The highest BCUT2D eigenvalue weighted by Gasteiger charge is 2.27. The summed E-state index contributed by atoms with van der Waals surface area (Å²) in [5, 5.41) is 5.27. The zero-order valence-electron chi connectivity index (χ0n) is 20.4. The number of hydrogen-bond donors (Lipinski definition) is 2. The normalized spacial score (nSPS) is 12.2. The van der Waals surface area contributed by atoms with E-state index in [0.29, 0.717) is 5.56 Å². The first kappa shape index (κ1) is 26.5. The largest absolute Gasteiger partial charge is 0.467 e. The minimum absolute atomic E-state index is 0.139. The van der Waals surface area contributed by atoms with E-state index in [1.54, 1.807) is 20.8 Å². The number of nitrogens with one attached hydrogen (secondary N) is 2. The molecule has 0 aromatic heterocycles. The van der Waals surface area contributed by atoms with Crippen molar-refractivity contribution >= 4 is 18.0 Å². The van der Waals surface area contributed by atoms with Crippen molar-refractivity contribution in [3.8, 4) is 0 Å². The highest BCUT2D eigenvalue weighted by atomic mass is 16.6. The number of methoxy groups -OCH3 is 1. The van der Waals surface area contributed by atoms with Crippen LogP contribution < -0.4 is 10.6 Å². The maximum Gasteiger partial charge on any atom is 0.407 e. The van der Waals surface area contributed by atoms with E-state index in [4.69, 9.17) is 9.47 Å². The topological polar surface area (TPSA) is 93.7 Å². The van der Waals surface area contributed by atoms with Gasteiger partial charge in [0.25, 0.3) is 5.91 Å². The molecule has 1 aromatic carbocycles. The molecule has 0 aliphatic rings. The van der Waals surface area contributed by atoms with Crippen LogP contribution >= 0.6 is 0 Å². The fourth-order valence-corrected chi connectivity index (χ4v) is 3.89. The number of alkyl carbamates (subject to hydrolysis) is 1. The lowest BCUT2D eigenvalue weighted by Gasteiger charge is -2.24. The van der Waals surface area contributed by atoms with Crippen LogP contribution in [-0.2, 0) is 27.1 Å². The first-order valence-corrected chi connectivity index (χ1v) is 10.8. The van der Waals surface area contributed by atoms with Gasteiger partial charge in [0.15, 0.2) is 0 Å². The lowest BCUT2D eigenvalue weighted by atomic mass is 9.85. The second-order valence-electron chi connectivity index (χ2n) is 8.74. The number of carbonyl (C=O) groups is 3. The molecule has 1 atom stereocenters. The summed E-state index contributed by atoms with van der Waals surface area (Å²) < 4.78 is 10.0. The first-order valence-electron chi connectivity index (χ1n) is 10.8. The van der Waals surface area contributed by atoms with Crippen LogP contribution in [0.15, 0.2) is 0 Å². The molecule has 0 spiro atoms. The molecule has 7 nitrogen and oxygen atoms in total. The molecule has 0 bridgehead atoms. The van der Waals surface area contributed by atoms with Crippen molar-refractivity contribution < 1.29 is 23.9 Å². The molecule has 2 amide bonds. The summed E-state index contributed by atoms with van der Waals surface area (Å²) in [4.78, 5) is 37.5. The van der Waals surface area contributed by atoms with Crippen LogP contribution in [0.4, 0.5) is 4.79 Å². The Kier molecular flexibility index (Phi) is 9.53. The van der Waals surface area contributed by atoms with Gasteiger partial charge in [0.1, 0.15) is 11.6 Å². The van der Waals surface area contributed by atoms with Gasteiger partial charge in [-0.1, -0.05) is 20.3 Å². The number of ether oxygens (including phenoxy) is 2. The van der Waals surface area contributed by atoms with Crippen molar-refractivity contribution in [3.63, 3.8) is 0 Å². The van der Waals surface area contributed by atoms with E-state index in [0.717, 1.165) is 36.0 Å². The minimum atomic E-state index is -1.04. The maximum atomic E-state index is 13.3. The van der Waals surface area contributed by atoms with Gasteiger partial charge in [-0.25, -0.2) is 9.59 Å². The van der Waals surface area contributed by atoms with Crippen LogP contribution in [0.5, 0.6) is 0 Å². The van der Waals surface area contributed by atoms with Gasteiger partial charge in [0.2, 0.25) is 0 Å². The minimum Gasteiger partial charge on any atom is -0.467 e. The van der Waals surface area contributed by atoms with Crippen LogP contribution in [0, 0.1) is 20.8 Å². The van der Waals surface area contributed by atoms with Crippen molar-refractivity contribution in [3.05, 3.63) is 33.4 Å². The molecule has 0 saturated heterocycles. The molecule has 0 saturated carbocycles. The highest BCUT2D eigenvalue weighted by molar-refractivity contribution is 6.00. The van der Waals surface area contributed by atoms with Gasteiger partial charge in [-0.2, -0.15) is 0 Å². The predicted octanol–water partition coefficient (Wildman–Crippen LogP) is 3.92. The van der Waals surface area contributed by atoms with E-state index < -0.39 is 23.7 Å². The summed E-state index contributed by atoms with van der Waals surface area (Å²) in [6, 6.07) is -1.04. The van der Waals surface area contributed by atoms with E-state index in [1.807, 2.05) is 13.8 Å². The average Bonchev–Trinajstić information content (AvgIpc) is 2.66. The van der Waals surface area contributed by atoms with Crippen molar-refractivity contribution in [2.45, 2.75) is 86.3 Å². The summed E-state index contributed by atoms with van der Waals surface area (Å²) in [5.74, 6) is -1.00. The molecule has 0 aliphatic carbocycles. The van der Waals surface area contributed by atoms with E-state index >= 15 is 0 Å². The molecule has 1 unspecified atom stereocenters. The van der Waals surface area contributed by atoms with Gasteiger partial charge in [-0.15, -0.1) is 0 Å². The number of esters is 1. The first-order chi connectivity index (χ1) is 14.4. The lowest BCUT2D eigenvalue weighted by molar-refractivity contribution is -0.142. The quantitative estimate of drug-likeness (QED) is 0.605. The van der Waals surface area contributed by atoms with E-state index in [2.05, 4.69) is 31.4 Å². The van der Waals surface area contributed by atoms with Crippen molar-refractivity contribution in [2.75, 3.05) is 13.7 Å². The van der Waals surface area contributed by atoms with E-state index in [-0.39, 0.29) is 12.5 Å². The van der Waals surface area contributed by atoms with Crippen LogP contribution in [0.3, 0.4) is 0 Å². The summed E-state index contributed by atoms with van der Waals surface area (Å²) in [7, 11) is 1.24. The van der Waals surface area contributed by atoms with Crippen molar-refractivity contribution in [2.24, 2.45) is 0 Å². The molecule has 2 N–H and O–H groups in total. The Morgan fingerprint density at radius 2 is 1.55 bits per heavy atom. The van der Waals surface area contributed by atoms with Crippen LogP contribution in [0.2, 0.25) is 0 Å². The van der Waals surface area contributed by atoms with Gasteiger partial charge in [0.05, 0.1) is 13.7 Å². The SMILES string of the molecule is CCCc1c(C)c(CC)c(C)c(C(=O)NC(CNC(=O)OC(C)(C)C)C(=O)OC)c1C. The Morgan fingerprint density at radius 3 is 2.03 bits per heavy atom. The molecular formula is C24H38N2O5. The predicted molar refractivity (Wildman–Crippen MR) is 122 cm³/mol. The Morgan fingerprint density at radius 1 is 0.968 bits per heavy atom. The monoisotopic (exact) mass is 434 g/mol. The Labute approximate surface area is 186 Å². The third kappa shape index (κ3) is 6.97. The Hall–Kier alpha value is -2.57. The number of rotatable bonds is 8. The smallest absolute Gasteiger partial charge is 0.407 e. The zero-order valence-corrected chi connectivity index (χ0v) is 20.4. The van der Waals surface area contributed by atoms with E-state index in [9.17, 15) is 14.4 Å². The third-order valence-electron chi connectivity index (χ3n) is 5.28.